The van der Waals surface area contributed by atoms with Crippen molar-refractivity contribution < 1.29 is 22.8 Å². The van der Waals surface area contributed by atoms with Crippen LogP contribution in [0.2, 0.25) is 0 Å². The summed E-state index contributed by atoms with van der Waals surface area (Å²) in [6, 6.07) is 0.551. The highest BCUT2D eigenvalue weighted by molar-refractivity contribution is 6.07. The molecule has 4 N–H and O–H groups in total. The largest absolute Gasteiger partial charge is 0.432 e. The van der Waals surface area contributed by atoms with Crippen molar-refractivity contribution in [1.82, 2.24) is 20.0 Å². The van der Waals surface area contributed by atoms with Crippen LogP contribution in [0, 0.1) is 0 Å². The maximum atomic E-state index is 12.4. The zero-order chi connectivity index (χ0) is 15.8. The van der Waals surface area contributed by atoms with Crippen molar-refractivity contribution in [2.75, 3.05) is 5.32 Å². The van der Waals surface area contributed by atoms with Gasteiger partial charge in [-0.1, -0.05) is 0 Å². The Morgan fingerprint density at radius 3 is 2.62 bits per heavy atom. The van der Waals surface area contributed by atoms with Crippen molar-refractivity contribution in [3.05, 3.63) is 29.3 Å². The molecule has 2 aromatic rings. The van der Waals surface area contributed by atoms with Crippen molar-refractivity contribution in [2.24, 2.45) is 12.8 Å². The minimum Gasteiger partial charge on any atom is -0.364 e. The number of carbonyl (C=O) groups is 2. The summed E-state index contributed by atoms with van der Waals surface area (Å²) in [4.78, 5) is 23.0. The Bertz CT molecular complexity index is 702. The van der Waals surface area contributed by atoms with Gasteiger partial charge in [0.15, 0.2) is 5.69 Å². The predicted octanol–water partition coefficient (Wildman–Crippen LogP) is 0.513. The number of H-pyrrole nitrogens is 1. The molecule has 0 saturated carbocycles. The van der Waals surface area contributed by atoms with Crippen LogP contribution in [0.4, 0.5) is 18.9 Å². The Labute approximate surface area is 115 Å². The number of rotatable bonds is 3. The molecular weight excluding hydrogens is 293 g/mol. The van der Waals surface area contributed by atoms with Crippen molar-refractivity contribution in [2.45, 2.75) is 6.18 Å². The molecular formula is C10H9F3N6O2. The Morgan fingerprint density at radius 2 is 2.10 bits per heavy atom. The lowest BCUT2D eigenvalue weighted by Crippen LogP contribution is -2.20. The zero-order valence-electron chi connectivity index (χ0n) is 10.5. The van der Waals surface area contributed by atoms with Crippen LogP contribution >= 0.6 is 0 Å². The number of amides is 2. The van der Waals surface area contributed by atoms with Gasteiger partial charge in [-0.15, -0.1) is 0 Å². The first kappa shape index (κ1) is 14.6. The second-order valence-corrected chi connectivity index (χ2v) is 4.01. The molecule has 0 radical (unpaired) electrons. The highest BCUT2D eigenvalue weighted by Crippen LogP contribution is 2.27. The summed E-state index contributed by atoms with van der Waals surface area (Å²) in [5.41, 5.74) is 3.36. The number of aromatic nitrogens is 4. The average molecular weight is 302 g/mol. The maximum absolute atomic E-state index is 12.4. The number of anilines is 1. The Morgan fingerprint density at radius 1 is 1.43 bits per heavy atom. The van der Waals surface area contributed by atoms with Crippen LogP contribution in [0.15, 0.2) is 12.3 Å². The van der Waals surface area contributed by atoms with E-state index in [0.717, 1.165) is 10.9 Å². The van der Waals surface area contributed by atoms with Gasteiger partial charge in [-0.05, 0) is 0 Å². The van der Waals surface area contributed by atoms with E-state index >= 15 is 0 Å². The lowest BCUT2D eigenvalue weighted by atomic mass is 10.3. The van der Waals surface area contributed by atoms with Gasteiger partial charge in [0.05, 0.1) is 11.9 Å². The normalized spacial score (nSPS) is 11.4. The Kier molecular flexibility index (Phi) is 3.41. The van der Waals surface area contributed by atoms with Gasteiger partial charge in [0.1, 0.15) is 11.4 Å². The average Bonchev–Trinajstić information content (AvgIpc) is 2.95. The van der Waals surface area contributed by atoms with Gasteiger partial charge in [0, 0.05) is 13.1 Å². The van der Waals surface area contributed by atoms with Gasteiger partial charge in [-0.25, -0.2) is 0 Å². The van der Waals surface area contributed by atoms with Crippen molar-refractivity contribution in [3.63, 3.8) is 0 Å². The van der Waals surface area contributed by atoms with Gasteiger partial charge in [-0.2, -0.15) is 23.4 Å². The van der Waals surface area contributed by atoms with E-state index in [-0.39, 0.29) is 11.4 Å². The molecule has 0 saturated heterocycles. The Hall–Kier alpha value is -2.85. The van der Waals surface area contributed by atoms with Crippen LogP contribution in [0.3, 0.4) is 0 Å². The lowest BCUT2D eigenvalue weighted by molar-refractivity contribution is -0.141. The van der Waals surface area contributed by atoms with Crippen molar-refractivity contribution >= 4 is 17.5 Å². The molecule has 0 atom stereocenters. The summed E-state index contributed by atoms with van der Waals surface area (Å²) < 4.78 is 38.3. The van der Waals surface area contributed by atoms with Gasteiger partial charge in [0.2, 0.25) is 0 Å². The number of carbonyl (C=O) groups excluding carboxylic acids is 2. The highest BCUT2D eigenvalue weighted by Gasteiger charge is 2.34. The van der Waals surface area contributed by atoms with E-state index < -0.39 is 29.4 Å². The molecule has 0 unspecified atom stereocenters. The van der Waals surface area contributed by atoms with E-state index in [2.05, 4.69) is 15.5 Å². The van der Waals surface area contributed by atoms with E-state index in [0.29, 0.717) is 6.07 Å². The number of nitrogens with zero attached hydrogens (tertiary/aromatic N) is 3. The maximum Gasteiger partial charge on any atom is 0.432 e. The minimum atomic E-state index is -4.64. The molecule has 2 amide bonds. The molecule has 0 aliphatic heterocycles. The van der Waals surface area contributed by atoms with Crippen LogP contribution < -0.4 is 11.1 Å². The van der Waals surface area contributed by atoms with Gasteiger partial charge in [0.25, 0.3) is 11.8 Å². The van der Waals surface area contributed by atoms with Gasteiger partial charge >= 0.3 is 6.18 Å². The third kappa shape index (κ3) is 2.85. The van der Waals surface area contributed by atoms with E-state index in [1.807, 2.05) is 0 Å². The van der Waals surface area contributed by atoms with E-state index in [1.165, 1.54) is 7.05 Å². The van der Waals surface area contributed by atoms with Crippen LogP contribution in [0.25, 0.3) is 0 Å². The van der Waals surface area contributed by atoms with Gasteiger partial charge < -0.3 is 11.1 Å². The monoisotopic (exact) mass is 302 g/mol. The van der Waals surface area contributed by atoms with Crippen molar-refractivity contribution in [3.8, 4) is 0 Å². The molecule has 2 heterocycles. The summed E-state index contributed by atoms with van der Waals surface area (Å²) in [7, 11) is 1.42. The molecule has 112 valence electrons. The fourth-order valence-corrected chi connectivity index (χ4v) is 1.59. The molecule has 8 nitrogen and oxygen atoms in total. The number of hydrogen-bond acceptors (Lipinski definition) is 4. The number of nitrogens with one attached hydrogen (secondary N) is 2. The second-order valence-electron chi connectivity index (χ2n) is 4.01. The number of hydrogen-bond donors (Lipinski definition) is 3. The molecule has 0 aliphatic rings. The first-order chi connectivity index (χ1) is 9.70. The van der Waals surface area contributed by atoms with Crippen LogP contribution in [0.1, 0.15) is 26.7 Å². The lowest BCUT2D eigenvalue weighted by Gasteiger charge is -2.03. The molecule has 2 rings (SSSR count). The number of aryl methyl sites for hydroxylation is 1. The van der Waals surface area contributed by atoms with E-state index in [1.54, 1.807) is 5.10 Å². The van der Waals surface area contributed by atoms with Crippen LogP contribution in [-0.4, -0.2) is 31.8 Å². The van der Waals surface area contributed by atoms with Crippen LogP contribution in [0.5, 0.6) is 0 Å². The summed E-state index contributed by atoms with van der Waals surface area (Å²) in [6.07, 6.45) is -3.49. The third-order valence-corrected chi connectivity index (χ3v) is 2.54. The first-order valence-electron chi connectivity index (χ1n) is 5.46. The quantitative estimate of drug-likeness (QED) is 0.765. The number of aromatic amines is 1. The summed E-state index contributed by atoms with van der Waals surface area (Å²) >= 11 is 0. The standard InChI is InChI=1S/C10H9F3N6O2/c1-19-7(8(14)20)5(3-15-19)16-9(21)4-2-6(18-17-4)10(11,12)13/h2-3H,1H3,(H2,14,20)(H,16,21)(H,17,18). The Balaban J connectivity index is 2.23. The number of alkyl halides is 3. The summed E-state index contributed by atoms with van der Waals surface area (Å²) in [6.45, 7) is 0. The van der Waals surface area contributed by atoms with E-state index in [9.17, 15) is 22.8 Å². The van der Waals surface area contributed by atoms with Crippen LogP contribution in [-0.2, 0) is 13.2 Å². The number of nitrogens with two attached hydrogens (primary N) is 1. The topological polar surface area (TPSA) is 119 Å². The fourth-order valence-electron chi connectivity index (χ4n) is 1.59. The predicted molar refractivity (Wildman–Crippen MR) is 63.3 cm³/mol. The molecule has 11 heteroatoms. The zero-order valence-corrected chi connectivity index (χ0v) is 10.5. The fraction of sp³-hybridized carbons (Fsp3) is 0.200. The number of primary amides is 1. The highest BCUT2D eigenvalue weighted by atomic mass is 19.4. The molecule has 0 bridgehead atoms. The first-order valence-corrected chi connectivity index (χ1v) is 5.46. The number of halogens is 3. The smallest absolute Gasteiger partial charge is 0.364 e. The van der Waals surface area contributed by atoms with Gasteiger partial charge in [-0.3, -0.25) is 19.4 Å². The molecule has 21 heavy (non-hydrogen) atoms. The summed E-state index contributed by atoms with van der Waals surface area (Å²) in [5, 5.41) is 10.9. The molecule has 2 aromatic heterocycles. The van der Waals surface area contributed by atoms with E-state index in [4.69, 9.17) is 5.73 Å². The molecule has 0 spiro atoms. The molecule has 0 fully saturated rings. The summed E-state index contributed by atoms with van der Waals surface area (Å²) in [5.74, 6) is -1.78. The molecule has 0 aliphatic carbocycles. The van der Waals surface area contributed by atoms with Crippen molar-refractivity contribution in [1.29, 1.82) is 0 Å². The molecule has 0 aromatic carbocycles. The second kappa shape index (κ2) is 4.92. The minimum absolute atomic E-state index is 0.0217. The third-order valence-electron chi connectivity index (χ3n) is 2.54. The SMILES string of the molecule is Cn1ncc(NC(=O)c2cc(C(F)(F)F)[nH]n2)c1C(N)=O.